The molecule has 0 aliphatic heterocycles. The highest BCUT2D eigenvalue weighted by atomic mass is 14.5. The van der Waals surface area contributed by atoms with Gasteiger partial charge in [-0.05, 0) is 61.3 Å². The maximum atomic E-state index is 2.44. The summed E-state index contributed by atoms with van der Waals surface area (Å²) in [6.45, 7) is 16.5. The fourth-order valence-electron chi connectivity index (χ4n) is 5.00. The topological polar surface area (TPSA) is 0 Å². The van der Waals surface area contributed by atoms with E-state index in [2.05, 4.69) is 78.8 Å². The summed E-state index contributed by atoms with van der Waals surface area (Å²) in [7, 11) is 0. The lowest BCUT2D eigenvalue weighted by molar-refractivity contribution is 0.359. The third-order valence-electron chi connectivity index (χ3n) is 6.20. The Bertz CT molecular complexity index is 722. The van der Waals surface area contributed by atoms with Crippen LogP contribution in [0.1, 0.15) is 65.5 Å². The standard InChI is InChI=1S/C22H28/c1-13-12-18-10-8-9-11-19(18)20(13)22(6,7)21-16(4)14(2)15(3)17(21)5/h8-12,16,20H,1-7H3. The van der Waals surface area contributed by atoms with E-state index in [1.165, 1.54) is 27.8 Å². The fourth-order valence-corrected chi connectivity index (χ4v) is 5.00. The van der Waals surface area contributed by atoms with Crippen LogP contribution in [0.4, 0.5) is 0 Å². The van der Waals surface area contributed by atoms with Gasteiger partial charge in [0.2, 0.25) is 0 Å². The van der Waals surface area contributed by atoms with Gasteiger partial charge in [-0.25, -0.2) is 0 Å². The number of rotatable bonds is 2. The molecule has 0 amide bonds. The second kappa shape index (κ2) is 4.98. The third kappa shape index (κ3) is 1.96. The summed E-state index contributed by atoms with van der Waals surface area (Å²) in [4.78, 5) is 0. The van der Waals surface area contributed by atoms with Gasteiger partial charge in [0.1, 0.15) is 0 Å². The van der Waals surface area contributed by atoms with Crippen LogP contribution < -0.4 is 0 Å². The minimum atomic E-state index is 0.149. The molecule has 0 heterocycles. The normalized spacial score (nSPS) is 25.0. The summed E-state index contributed by atoms with van der Waals surface area (Å²) >= 11 is 0. The molecular formula is C22H28. The van der Waals surface area contributed by atoms with Crippen molar-refractivity contribution in [3.8, 4) is 0 Å². The number of hydrogen-bond donors (Lipinski definition) is 0. The number of benzene rings is 1. The zero-order chi connectivity index (χ0) is 16.2. The molecule has 0 nitrogen and oxygen atoms in total. The van der Waals surface area contributed by atoms with Crippen molar-refractivity contribution in [2.45, 2.75) is 54.4 Å². The molecule has 2 atom stereocenters. The van der Waals surface area contributed by atoms with E-state index in [9.17, 15) is 0 Å². The van der Waals surface area contributed by atoms with E-state index in [-0.39, 0.29) is 5.41 Å². The first-order valence-corrected chi connectivity index (χ1v) is 8.43. The van der Waals surface area contributed by atoms with Crippen LogP contribution in [0, 0.1) is 11.3 Å². The summed E-state index contributed by atoms with van der Waals surface area (Å²) in [6.07, 6.45) is 2.38. The Morgan fingerprint density at radius 3 is 2.14 bits per heavy atom. The number of allylic oxidation sites excluding steroid dienone is 5. The van der Waals surface area contributed by atoms with E-state index in [1.54, 1.807) is 11.1 Å². The molecule has 0 heteroatoms. The molecule has 2 unspecified atom stereocenters. The van der Waals surface area contributed by atoms with Gasteiger partial charge in [0, 0.05) is 5.92 Å². The minimum absolute atomic E-state index is 0.149. The van der Waals surface area contributed by atoms with E-state index in [1.807, 2.05) is 0 Å². The lowest BCUT2D eigenvalue weighted by Crippen LogP contribution is -2.27. The molecule has 0 fully saturated rings. The molecule has 3 rings (SSSR count). The Balaban J connectivity index is 2.11. The van der Waals surface area contributed by atoms with Crippen molar-refractivity contribution in [3.05, 3.63) is 63.3 Å². The smallest absolute Gasteiger partial charge is 0.0143 e. The molecule has 0 aromatic heterocycles. The van der Waals surface area contributed by atoms with Gasteiger partial charge in [-0.15, -0.1) is 0 Å². The Kier molecular flexibility index (Phi) is 3.47. The monoisotopic (exact) mass is 292 g/mol. The van der Waals surface area contributed by atoms with Gasteiger partial charge in [0.15, 0.2) is 0 Å². The van der Waals surface area contributed by atoms with Crippen molar-refractivity contribution in [1.29, 1.82) is 0 Å². The summed E-state index contributed by atoms with van der Waals surface area (Å²) in [5.41, 5.74) is 10.8. The van der Waals surface area contributed by atoms with Gasteiger partial charge >= 0.3 is 0 Å². The van der Waals surface area contributed by atoms with Gasteiger partial charge < -0.3 is 0 Å². The zero-order valence-corrected chi connectivity index (χ0v) is 15.0. The first-order chi connectivity index (χ1) is 10.3. The highest BCUT2D eigenvalue weighted by Crippen LogP contribution is 2.56. The molecular weight excluding hydrogens is 264 g/mol. The van der Waals surface area contributed by atoms with Gasteiger partial charge in [-0.3, -0.25) is 0 Å². The fraction of sp³-hybridized carbons (Fsp3) is 0.455. The lowest BCUT2D eigenvalue weighted by atomic mass is 9.65. The molecule has 0 bridgehead atoms. The molecule has 0 saturated carbocycles. The van der Waals surface area contributed by atoms with E-state index < -0.39 is 0 Å². The molecule has 22 heavy (non-hydrogen) atoms. The SMILES string of the molecule is CC1=Cc2ccccc2C1C(C)(C)C1=C(C)C(C)=C(C)C1C. The number of hydrogen-bond acceptors (Lipinski definition) is 0. The average Bonchev–Trinajstić information content (AvgIpc) is 2.89. The first-order valence-electron chi connectivity index (χ1n) is 8.43. The van der Waals surface area contributed by atoms with Gasteiger partial charge in [0.25, 0.3) is 0 Å². The van der Waals surface area contributed by atoms with Crippen LogP contribution in [0.15, 0.2) is 52.1 Å². The molecule has 0 N–H and O–H groups in total. The highest BCUT2D eigenvalue weighted by molar-refractivity contribution is 5.68. The van der Waals surface area contributed by atoms with Crippen molar-refractivity contribution in [3.63, 3.8) is 0 Å². The van der Waals surface area contributed by atoms with Crippen molar-refractivity contribution in [2.24, 2.45) is 11.3 Å². The summed E-state index contributed by atoms with van der Waals surface area (Å²) in [5, 5.41) is 0. The van der Waals surface area contributed by atoms with E-state index >= 15 is 0 Å². The summed E-state index contributed by atoms with van der Waals surface area (Å²) in [5.74, 6) is 1.06. The minimum Gasteiger partial charge on any atom is -0.0643 e. The second-order valence-electron chi connectivity index (χ2n) is 7.74. The van der Waals surface area contributed by atoms with Crippen molar-refractivity contribution < 1.29 is 0 Å². The van der Waals surface area contributed by atoms with Crippen LogP contribution in [0.25, 0.3) is 6.08 Å². The predicted octanol–water partition coefficient (Wildman–Crippen LogP) is 6.52. The molecule has 1 aromatic rings. The van der Waals surface area contributed by atoms with Crippen LogP contribution in [-0.2, 0) is 0 Å². The Labute approximate surface area is 135 Å². The van der Waals surface area contributed by atoms with Gasteiger partial charge in [-0.1, -0.05) is 67.8 Å². The molecule has 0 saturated heterocycles. The van der Waals surface area contributed by atoms with Crippen molar-refractivity contribution in [2.75, 3.05) is 0 Å². The highest BCUT2D eigenvalue weighted by Gasteiger charge is 2.43. The zero-order valence-electron chi connectivity index (χ0n) is 15.0. The van der Waals surface area contributed by atoms with Crippen LogP contribution in [0.3, 0.4) is 0 Å². The maximum absolute atomic E-state index is 2.44. The van der Waals surface area contributed by atoms with Crippen LogP contribution in [0.5, 0.6) is 0 Å². The largest absolute Gasteiger partial charge is 0.0643 e. The maximum Gasteiger partial charge on any atom is 0.0143 e. The molecule has 1 aromatic carbocycles. The molecule has 2 aliphatic carbocycles. The van der Waals surface area contributed by atoms with E-state index in [0.717, 1.165) is 0 Å². The lowest BCUT2D eigenvalue weighted by Gasteiger charge is -2.38. The summed E-state index contributed by atoms with van der Waals surface area (Å²) in [6, 6.07) is 8.90. The van der Waals surface area contributed by atoms with Gasteiger partial charge in [-0.2, -0.15) is 0 Å². The number of fused-ring (bicyclic) bond motifs is 1. The molecule has 0 spiro atoms. The molecule has 0 radical (unpaired) electrons. The Morgan fingerprint density at radius 2 is 1.55 bits per heavy atom. The van der Waals surface area contributed by atoms with Crippen LogP contribution in [-0.4, -0.2) is 0 Å². The third-order valence-corrected chi connectivity index (χ3v) is 6.20. The van der Waals surface area contributed by atoms with Crippen LogP contribution >= 0.6 is 0 Å². The molecule has 2 aliphatic rings. The van der Waals surface area contributed by atoms with Crippen molar-refractivity contribution >= 4 is 6.08 Å². The van der Waals surface area contributed by atoms with Crippen LogP contribution in [0.2, 0.25) is 0 Å². The second-order valence-corrected chi connectivity index (χ2v) is 7.74. The van der Waals surface area contributed by atoms with Crippen molar-refractivity contribution in [1.82, 2.24) is 0 Å². The Morgan fingerprint density at radius 1 is 0.909 bits per heavy atom. The Hall–Kier alpha value is -1.56. The van der Waals surface area contributed by atoms with E-state index in [0.29, 0.717) is 11.8 Å². The van der Waals surface area contributed by atoms with Gasteiger partial charge in [0.05, 0.1) is 0 Å². The molecule has 116 valence electrons. The first kappa shape index (κ1) is 15.3. The average molecular weight is 292 g/mol. The summed E-state index contributed by atoms with van der Waals surface area (Å²) < 4.78 is 0. The quantitative estimate of drug-likeness (QED) is 0.582. The van der Waals surface area contributed by atoms with E-state index in [4.69, 9.17) is 0 Å². The predicted molar refractivity (Wildman–Crippen MR) is 96.9 cm³/mol.